The van der Waals surface area contributed by atoms with Gasteiger partial charge in [0, 0.05) is 11.6 Å². The molecular formula is C15H21NO3. The lowest BCUT2D eigenvalue weighted by atomic mass is 9.93. The van der Waals surface area contributed by atoms with E-state index in [4.69, 9.17) is 0 Å². The van der Waals surface area contributed by atoms with Crippen molar-refractivity contribution in [2.24, 2.45) is 0 Å². The molecule has 2 rings (SSSR count). The number of aromatic hydroxyl groups is 1. The minimum Gasteiger partial charge on any atom is -0.508 e. The number of aryl methyl sites for hydroxylation is 1. The normalized spacial score (nSPS) is 18.2. The van der Waals surface area contributed by atoms with Crippen LogP contribution in [0.25, 0.3) is 0 Å². The molecule has 1 unspecified atom stereocenters. The van der Waals surface area contributed by atoms with E-state index in [2.05, 4.69) is 5.32 Å². The molecule has 0 spiro atoms. The molecule has 19 heavy (non-hydrogen) atoms. The van der Waals surface area contributed by atoms with E-state index in [1.165, 1.54) is 6.42 Å². The van der Waals surface area contributed by atoms with E-state index < -0.39 is 12.0 Å². The molecule has 1 aliphatic carbocycles. The Bertz CT molecular complexity index is 453. The molecule has 4 nitrogen and oxygen atoms in total. The number of nitrogens with one attached hydrogen (secondary N) is 1. The zero-order chi connectivity index (χ0) is 13.8. The second kappa shape index (κ2) is 6.06. The summed E-state index contributed by atoms with van der Waals surface area (Å²) in [5.41, 5.74) is 1.41. The Hall–Kier alpha value is -1.55. The number of carboxylic acid groups (broad SMARTS) is 1. The third-order valence-corrected chi connectivity index (χ3v) is 3.75. The molecule has 104 valence electrons. The van der Waals surface area contributed by atoms with Gasteiger partial charge < -0.3 is 10.2 Å². The summed E-state index contributed by atoms with van der Waals surface area (Å²) in [6.45, 7) is 1.89. The summed E-state index contributed by atoms with van der Waals surface area (Å²) in [4.78, 5) is 11.5. The van der Waals surface area contributed by atoms with Crippen molar-refractivity contribution in [3.05, 3.63) is 29.3 Å². The smallest absolute Gasteiger partial charge is 0.325 e. The summed E-state index contributed by atoms with van der Waals surface area (Å²) in [6, 6.07) is 4.48. The Morgan fingerprint density at radius 1 is 1.32 bits per heavy atom. The summed E-state index contributed by atoms with van der Waals surface area (Å²) in [6.07, 6.45) is 5.53. The monoisotopic (exact) mass is 263 g/mol. The molecule has 1 atom stereocenters. The van der Waals surface area contributed by atoms with Crippen molar-refractivity contribution in [3.63, 3.8) is 0 Å². The highest BCUT2D eigenvalue weighted by atomic mass is 16.4. The Kier molecular flexibility index (Phi) is 4.43. The SMILES string of the molecule is Cc1ccc(O)c(C(NC2CCCCC2)C(=O)O)c1. The predicted octanol–water partition coefficient (Wildman–Crippen LogP) is 2.75. The molecular weight excluding hydrogens is 242 g/mol. The number of carboxylic acids is 1. The van der Waals surface area contributed by atoms with E-state index in [1.807, 2.05) is 6.92 Å². The van der Waals surface area contributed by atoms with Crippen molar-refractivity contribution < 1.29 is 15.0 Å². The number of benzene rings is 1. The van der Waals surface area contributed by atoms with Crippen LogP contribution in [0.15, 0.2) is 18.2 Å². The number of phenolic OH excluding ortho intramolecular Hbond substituents is 1. The number of aliphatic carboxylic acids is 1. The van der Waals surface area contributed by atoms with Crippen LogP contribution < -0.4 is 5.32 Å². The van der Waals surface area contributed by atoms with Gasteiger partial charge in [0.1, 0.15) is 11.8 Å². The van der Waals surface area contributed by atoms with E-state index >= 15 is 0 Å². The van der Waals surface area contributed by atoms with Gasteiger partial charge in [0.15, 0.2) is 0 Å². The average Bonchev–Trinajstić information content (AvgIpc) is 2.40. The van der Waals surface area contributed by atoms with Gasteiger partial charge in [-0.25, -0.2) is 0 Å². The molecule has 0 heterocycles. The maximum atomic E-state index is 11.5. The molecule has 0 radical (unpaired) electrons. The molecule has 1 aromatic rings. The Balaban J connectivity index is 2.19. The molecule has 0 amide bonds. The van der Waals surface area contributed by atoms with Crippen LogP contribution in [0.4, 0.5) is 0 Å². The summed E-state index contributed by atoms with van der Waals surface area (Å²) >= 11 is 0. The van der Waals surface area contributed by atoms with Crippen molar-refractivity contribution in [3.8, 4) is 5.75 Å². The summed E-state index contributed by atoms with van der Waals surface area (Å²) < 4.78 is 0. The molecule has 0 aliphatic heterocycles. The van der Waals surface area contributed by atoms with Crippen LogP contribution in [-0.2, 0) is 4.79 Å². The van der Waals surface area contributed by atoms with Crippen LogP contribution in [-0.4, -0.2) is 22.2 Å². The number of phenols is 1. The molecule has 4 heteroatoms. The van der Waals surface area contributed by atoms with Crippen molar-refractivity contribution in [2.45, 2.75) is 51.1 Å². The summed E-state index contributed by atoms with van der Waals surface area (Å²) in [5, 5.41) is 22.5. The average molecular weight is 263 g/mol. The maximum absolute atomic E-state index is 11.5. The quantitative estimate of drug-likeness (QED) is 0.781. The van der Waals surface area contributed by atoms with E-state index in [0.717, 1.165) is 31.2 Å². The van der Waals surface area contributed by atoms with Crippen LogP contribution in [0.3, 0.4) is 0 Å². The zero-order valence-corrected chi connectivity index (χ0v) is 11.2. The predicted molar refractivity (Wildman–Crippen MR) is 73.2 cm³/mol. The van der Waals surface area contributed by atoms with Gasteiger partial charge in [-0.2, -0.15) is 0 Å². The minimum atomic E-state index is -0.938. The summed E-state index contributed by atoms with van der Waals surface area (Å²) in [5.74, 6) is -0.896. The van der Waals surface area contributed by atoms with E-state index in [1.54, 1.807) is 18.2 Å². The Morgan fingerprint density at radius 2 is 2.00 bits per heavy atom. The van der Waals surface area contributed by atoms with Crippen molar-refractivity contribution in [2.75, 3.05) is 0 Å². The van der Waals surface area contributed by atoms with E-state index in [9.17, 15) is 15.0 Å². The lowest BCUT2D eigenvalue weighted by molar-refractivity contribution is -0.140. The first kappa shape index (κ1) is 13.9. The molecule has 1 aliphatic rings. The first-order chi connectivity index (χ1) is 9.08. The first-order valence-electron chi connectivity index (χ1n) is 6.86. The standard InChI is InChI=1S/C15H21NO3/c1-10-7-8-13(17)12(9-10)14(15(18)19)16-11-5-3-2-4-6-11/h7-9,11,14,16-17H,2-6H2,1H3,(H,18,19). The molecule has 0 bridgehead atoms. The van der Waals surface area contributed by atoms with Crippen molar-refractivity contribution in [1.82, 2.24) is 5.32 Å². The van der Waals surface area contributed by atoms with Crippen LogP contribution >= 0.6 is 0 Å². The molecule has 1 aromatic carbocycles. The highest BCUT2D eigenvalue weighted by Crippen LogP contribution is 2.28. The third kappa shape index (κ3) is 3.47. The first-order valence-corrected chi connectivity index (χ1v) is 6.86. The third-order valence-electron chi connectivity index (χ3n) is 3.75. The van der Waals surface area contributed by atoms with Gasteiger partial charge in [-0.15, -0.1) is 0 Å². The number of hydrogen-bond donors (Lipinski definition) is 3. The van der Waals surface area contributed by atoms with E-state index in [-0.39, 0.29) is 11.8 Å². The van der Waals surface area contributed by atoms with Gasteiger partial charge in [0.2, 0.25) is 0 Å². The zero-order valence-electron chi connectivity index (χ0n) is 11.2. The Labute approximate surface area is 113 Å². The van der Waals surface area contributed by atoms with Crippen LogP contribution in [0.1, 0.15) is 49.3 Å². The number of carbonyl (C=O) groups is 1. The highest BCUT2D eigenvalue weighted by molar-refractivity contribution is 5.76. The molecule has 1 saturated carbocycles. The molecule has 3 N–H and O–H groups in total. The van der Waals surface area contributed by atoms with Gasteiger partial charge in [-0.3, -0.25) is 10.1 Å². The molecule has 0 aromatic heterocycles. The molecule has 1 fully saturated rings. The van der Waals surface area contributed by atoms with Crippen LogP contribution in [0, 0.1) is 6.92 Å². The fraction of sp³-hybridized carbons (Fsp3) is 0.533. The van der Waals surface area contributed by atoms with Gasteiger partial charge in [-0.1, -0.05) is 37.0 Å². The Morgan fingerprint density at radius 3 is 2.63 bits per heavy atom. The largest absolute Gasteiger partial charge is 0.508 e. The second-order valence-electron chi connectivity index (χ2n) is 5.34. The number of rotatable bonds is 4. The molecule has 0 saturated heterocycles. The lowest BCUT2D eigenvalue weighted by Crippen LogP contribution is -2.38. The van der Waals surface area contributed by atoms with Crippen LogP contribution in [0.5, 0.6) is 5.75 Å². The van der Waals surface area contributed by atoms with Crippen molar-refractivity contribution >= 4 is 5.97 Å². The van der Waals surface area contributed by atoms with Crippen LogP contribution in [0.2, 0.25) is 0 Å². The number of hydrogen-bond acceptors (Lipinski definition) is 3. The summed E-state index contributed by atoms with van der Waals surface area (Å²) in [7, 11) is 0. The lowest BCUT2D eigenvalue weighted by Gasteiger charge is -2.27. The van der Waals surface area contributed by atoms with Crippen molar-refractivity contribution in [1.29, 1.82) is 0 Å². The topological polar surface area (TPSA) is 69.6 Å². The van der Waals surface area contributed by atoms with Gasteiger partial charge in [-0.05, 0) is 25.8 Å². The van der Waals surface area contributed by atoms with Gasteiger partial charge in [0.05, 0.1) is 0 Å². The fourth-order valence-electron chi connectivity index (χ4n) is 2.70. The second-order valence-corrected chi connectivity index (χ2v) is 5.34. The highest BCUT2D eigenvalue weighted by Gasteiger charge is 2.26. The fourth-order valence-corrected chi connectivity index (χ4v) is 2.70. The minimum absolute atomic E-state index is 0.0429. The van der Waals surface area contributed by atoms with Gasteiger partial charge >= 0.3 is 5.97 Å². The maximum Gasteiger partial charge on any atom is 0.325 e. The van der Waals surface area contributed by atoms with Gasteiger partial charge in [0.25, 0.3) is 0 Å². The van der Waals surface area contributed by atoms with E-state index in [0.29, 0.717) is 5.56 Å².